The van der Waals surface area contributed by atoms with Crippen LogP contribution in [-0.4, -0.2) is 49.7 Å². The Kier molecular flexibility index (Phi) is 7.13. The number of hydrogen-bond acceptors (Lipinski definition) is 5. The van der Waals surface area contributed by atoms with Gasteiger partial charge in [-0.25, -0.2) is 4.79 Å². The molecule has 114 valence electrons. The highest BCUT2D eigenvalue weighted by atomic mass is 32.1. The lowest BCUT2D eigenvalue weighted by Crippen LogP contribution is -2.38. The first-order valence-electron chi connectivity index (χ1n) is 6.06. The standard InChI is InChI=1S/C13H16N2O5S/c1-20-5-4-14-11(16)7-15-13(19)9-6-10(21-8-9)2-3-12(17)18/h2-3,6,8H,4-5,7H2,1H3,(H,14,16)(H,15,19)(H,17,18)/b3-2+. The summed E-state index contributed by atoms with van der Waals surface area (Å²) in [5, 5.41) is 15.2. The van der Waals surface area contributed by atoms with E-state index >= 15 is 0 Å². The third kappa shape index (κ3) is 6.68. The number of nitrogens with one attached hydrogen (secondary N) is 2. The summed E-state index contributed by atoms with van der Waals surface area (Å²) in [6.45, 7) is 0.663. The summed E-state index contributed by atoms with van der Waals surface area (Å²) >= 11 is 1.24. The van der Waals surface area contributed by atoms with Crippen LogP contribution in [-0.2, 0) is 14.3 Å². The zero-order chi connectivity index (χ0) is 15.7. The molecular weight excluding hydrogens is 296 g/mol. The molecule has 8 heteroatoms. The van der Waals surface area contributed by atoms with Gasteiger partial charge in [-0.3, -0.25) is 9.59 Å². The predicted octanol–water partition coefficient (Wildman–Crippen LogP) is 0.338. The summed E-state index contributed by atoms with van der Waals surface area (Å²) < 4.78 is 4.78. The van der Waals surface area contributed by atoms with E-state index in [-0.39, 0.29) is 18.4 Å². The Labute approximate surface area is 125 Å². The number of thiophene rings is 1. The van der Waals surface area contributed by atoms with Gasteiger partial charge in [0.2, 0.25) is 5.91 Å². The molecule has 0 aliphatic rings. The van der Waals surface area contributed by atoms with E-state index in [1.807, 2.05) is 0 Å². The highest BCUT2D eigenvalue weighted by Gasteiger charge is 2.09. The minimum absolute atomic E-state index is 0.126. The topological polar surface area (TPSA) is 105 Å². The van der Waals surface area contributed by atoms with Crippen molar-refractivity contribution in [1.82, 2.24) is 10.6 Å². The van der Waals surface area contributed by atoms with Crippen molar-refractivity contribution in [3.05, 3.63) is 28.0 Å². The number of amides is 2. The SMILES string of the molecule is COCCNC(=O)CNC(=O)c1csc(/C=C/C(=O)O)c1. The number of hydrogen-bond donors (Lipinski definition) is 3. The number of carbonyl (C=O) groups is 3. The normalized spacial score (nSPS) is 10.5. The van der Waals surface area contributed by atoms with Crippen molar-refractivity contribution in [2.75, 3.05) is 26.8 Å². The number of carboxylic acids is 1. The molecule has 1 rings (SSSR count). The molecule has 7 nitrogen and oxygen atoms in total. The first kappa shape index (κ1) is 16.9. The van der Waals surface area contributed by atoms with Crippen LogP contribution < -0.4 is 10.6 Å². The van der Waals surface area contributed by atoms with E-state index in [4.69, 9.17) is 9.84 Å². The van der Waals surface area contributed by atoms with Crippen LogP contribution in [0.4, 0.5) is 0 Å². The number of rotatable bonds is 8. The Balaban J connectivity index is 2.42. The predicted molar refractivity (Wildman–Crippen MR) is 78.2 cm³/mol. The third-order valence-corrected chi connectivity index (χ3v) is 3.21. The van der Waals surface area contributed by atoms with Gasteiger partial charge in [0.15, 0.2) is 0 Å². The first-order valence-corrected chi connectivity index (χ1v) is 6.94. The maximum atomic E-state index is 11.8. The highest BCUT2D eigenvalue weighted by molar-refractivity contribution is 7.11. The Morgan fingerprint density at radius 1 is 1.38 bits per heavy atom. The van der Waals surface area contributed by atoms with Gasteiger partial charge >= 0.3 is 5.97 Å². The second-order valence-electron chi connectivity index (χ2n) is 3.93. The van der Waals surface area contributed by atoms with Crippen LogP contribution >= 0.6 is 11.3 Å². The van der Waals surface area contributed by atoms with Gasteiger partial charge in [0.05, 0.1) is 18.7 Å². The maximum Gasteiger partial charge on any atom is 0.328 e. The van der Waals surface area contributed by atoms with Crippen molar-refractivity contribution in [3.63, 3.8) is 0 Å². The summed E-state index contributed by atoms with van der Waals surface area (Å²) in [6, 6.07) is 1.56. The van der Waals surface area contributed by atoms with E-state index in [2.05, 4.69) is 10.6 Å². The molecule has 0 saturated heterocycles. The van der Waals surface area contributed by atoms with Gasteiger partial charge in [-0.05, 0) is 12.1 Å². The molecule has 0 radical (unpaired) electrons. The van der Waals surface area contributed by atoms with Crippen LogP contribution in [0.1, 0.15) is 15.2 Å². The largest absolute Gasteiger partial charge is 0.478 e. The smallest absolute Gasteiger partial charge is 0.328 e. The quantitative estimate of drug-likeness (QED) is 0.474. The zero-order valence-electron chi connectivity index (χ0n) is 11.4. The van der Waals surface area contributed by atoms with E-state index in [9.17, 15) is 14.4 Å². The average Bonchev–Trinajstić information content (AvgIpc) is 2.92. The van der Waals surface area contributed by atoms with Crippen LogP contribution in [0, 0.1) is 0 Å². The Morgan fingerprint density at radius 3 is 2.81 bits per heavy atom. The van der Waals surface area contributed by atoms with E-state index in [0.29, 0.717) is 23.6 Å². The van der Waals surface area contributed by atoms with Crippen molar-refractivity contribution in [1.29, 1.82) is 0 Å². The van der Waals surface area contributed by atoms with E-state index < -0.39 is 5.97 Å². The van der Waals surface area contributed by atoms with Gasteiger partial charge in [-0.1, -0.05) is 0 Å². The Hall–Kier alpha value is -2.19. The molecule has 21 heavy (non-hydrogen) atoms. The molecular formula is C13H16N2O5S. The lowest BCUT2D eigenvalue weighted by molar-refractivity contribution is -0.131. The zero-order valence-corrected chi connectivity index (χ0v) is 12.2. The van der Waals surface area contributed by atoms with Gasteiger partial charge in [-0.2, -0.15) is 0 Å². The Bertz CT molecular complexity index is 538. The summed E-state index contributed by atoms with van der Waals surface area (Å²) in [7, 11) is 1.53. The molecule has 2 amide bonds. The summed E-state index contributed by atoms with van der Waals surface area (Å²) in [5.41, 5.74) is 0.384. The lowest BCUT2D eigenvalue weighted by Gasteiger charge is -2.05. The minimum Gasteiger partial charge on any atom is -0.478 e. The first-order chi connectivity index (χ1) is 10.0. The van der Waals surface area contributed by atoms with Crippen LogP contribution in [0.15, 0.2) is 17.5 Å². The summed E-state index contributed by atoms with van der Waals surface area (Å²) in [4.78, 5) is 34.2. The molecule has 0 bridgehead atoms. The van der Waals surface area contributed by atoms with Crippen LogP contribution in [0.25, 0.3) is 6.08 Å². The average molecular weight is 312 g/mol. The minimum atomic E-state index is -1.05. The second kappa shape index (κ2) is 8.88. The molecule has 3 N–H and O–H groups in total. The molecule has 0 spiro atoms. The van der Waals surface area contributed by atoms with Crippen molar-refractivity contribution in [3.8, 4) is 0 Å². The van der Waals surface area contributed by atoms with Crippen LogP contribution in [0.3, 0.4) is 0 Å². The number of carbonyl (C=O) groups excluding carboxylic acids is 2. The molecule has 0 aliphatic carbocycles. The molecule has 1 heterocycles. The summed E-state index contributed by atoms with van der Waals surface area (Å²) in [5.74, 6) is -1.74. The van der Waals surface area contributed by atoms with Gasteiger partial charge < -0.3 is 20.5 Å². The molecule has 1 aromatic rings. The molecule has 0 atom stereocenters. The van der Waals surface area contributed by atoms with E-state index in [0.717, 1.165) is 6.08 Å². The van der Waals surface area contributed by atoms with Crippen molar-refractivity contribution >= 4 is 35.2 Å². The van der Waals surface area contributed by atoms with Gasteiger partial charge in [0.1, 0.15) is 0 Å². The van der Waals surface area contributed by atoms with Crippen LogP contribution in [0.2, 0.25) is 0 Å². The molecule has 1 aromatic heterocycles. The van der Waals surface area contributed by atoms with Crippen molar-refractivity contribution in [2.24, 2.45) is 0 Å². The fourth-order valence-corrected chi connectivity index (χ4v) is 2.11. The number of carboxylic acid groups (broad SMARTS) is 1. The fourth-order valence-electron chi connectivity index (χ4n) is 1.33. The number of aliphatic carboxylic acids is 1. The van der Waals surface area contributed by atoms with Crippen molar-refractivity contribution in [2.45, 2.75) is 0 Å². The molecule has 0 aromatic carbocycles. The highest BCUT2D eigenvalue weighted by Crippen LogP contribution is 2.16. The van der Waals surface area contributed by atoms with Gasteiger partial charge in [0, 0.05) is 30.0 Å². The maximum absolute atomic E-state index is 11.8. The van der Waals surface area contributed by atoms with Crippen molar-refractivity contribution < 1.29 is 24.2 Å². The van der Waals surface area contributed by atoms with Gasteiger partial charge in [-0.15, -0.1) is 11.3 Å². The third-order valence-electron chi connectivity index (χ3n) is 2.31. The molecule has 0 aliphatic heterocycles. The number of ether oxygens (including phenoxy) is 1. The molecule has 0 saturated carbocycles. The lowest BCUT2D eigenvalue weighted by atomic mass is 10.3. The van der Waals surface area contributed by atoms with Gasteiger partial charge in [0.25, 0.3) is 5.91 Å². The second-order valence-corrected chi connectivity index (χ2v) is 4.88. The fraction of sp³-hybridized carbons (Fsp3) is 0.308. The van der Waals surface area contributed by atoms with E-state index in [1.165, 1.54) is 24.5 Å². The number of methoxy groups -OCH3 is 1. The monoisotopic (exact) mass is 312 g/mol. The van der Waals surface area contributed by atoms with E-state index in [1.54, 1.807) is 11.4 Å². The molecule has 0 unspecified atom stereocenters. The Morgan fingerprint density at radius 2 is 2.14 bits per heavy atom. The summed E-state index contributed by atoms with van der Waals surface area (Å²) in [6.07, 6.45) is 2.40. The van der Waals surface area contributed by atoms with Crippen LogP contribution in [0.5, 0.6) is 0 Å². The molecule has 0 fully saturated rings.